The summed E-state index contributed by atoms with van der Waals surface area (Å²) >= 11 is 5.32. The molecule has 0 saturated carbocycles. The van der Waals surface area contributed by atoms with Gasteiger partial charge in [-0.15, -0.1) is 0 Å². The lowest BCUT2D eigenvalue weighted by atomic mass is 10.0. The van der Waals surface area contributed by atoms with Crippen LogP contribution < -0.4 is 10.6 Å². The number of hydrogen-bond donors (Lipinski definition) is 2. The van der Waals surface area contributed by atoms with E-state index in [-0.39, 0.29) is 11.9 Å². The smallest absolute Gasteiger partial charge is 0.171 e. The van der Waals surface area contributed by atoms with Gasteiger partial charge in [0.15, 0.2) is 5.11 Å². The second-order valence-electron chi connectivity index (χ2n) is 4.98. The van der Waals surface area contributed by atoms with Gasteiger partial charge in [0.2, 0.25) is 0 Å². The highest BCUT2D eigenvalue weighted by Crippen LogP contribution is 2.17. The molecule has 0 fully saturated rings. The Labute approximate surface area is 130 Å². The van der Waals surface area contributed by atoms with Gasteiger partial charge in [-0.25, -0.2) is 4.39 Å². The monoisotopic (exact) mass is 302 g/mol. The maximum atomic E-state index is 12.9. The highest BCUT2D eigenvalue weighted by molar-refractivity contribution is 7.80. The van der Waals surface area contributed by atoms with Crippen molar-refractivity contribution in [3.8, 4) is 0 Å². The van der Waals surface area contributed by atoms with Crippen molar-refractivity contribution in [2.75, 3.05) is 5.32 Å². The minimum atomic E-state index is -0.259. The van der Waals surface area contributed by atoms with Gasteiger partial charge in [0.1, 0.15) is 5.82 Å². The second-order valence-corrected chi connectivity index (χ2v) is 5.39. The molecule has 0 radical (unpaired) electrons. The van der Waals surface area contributed by atoms with Crippen molar-refractivity contribution in [2.24, 2.45) is 0 Å². The number of hydrogen-bond acceptors (Lipinski definition) is 1. The largest absolute Gasteiger partial charge is 0.356 e. The van der Waals surface area contributed by atoms with E-state index in [1.807, 2.05) is 0 Å². The topological polar surface area (TPSA) is 24.1 Å². The van der Waals surface area contributed by atoms with Gasteiger partial charge < -0.3 is 10.6 Å². The third-order valence-electron chi connectivity index (χ3n) is 3.30. The van der Waals surface area contributed by atoms with Crippen LogP contribution in [0.2, 0.25) is 0 Å². The van der Waals surface area contributed by atoms with E-state index in [4.69, 9.17) is 12.2 Å². The minimum Gasteiger partial charge on any atom is -0.356 e. The van der Waals surface area contributed by atoms with Crippen LogP contribution in [-0.4, -0.2) is 5.11 Å². The zero-order valence-corrected chi connectivity index (χ0v) is 13.0. The molecule has 0 aliphatic carbocycles. The molecule has 2 N–H and O–H groups in total. The predicted octanol–water partition coefficient (Wildman–Crippen LogP) is 4.57. The Hall–Kier alpha value is -1.94. The Bertz CT molecular complexity index is 593. The molecule has 1 atom stereocenters. The number of halogens is 1. The summed E-state index contributed by atoms with van der Waals surface area (Å²) in [5.74, 6) is -0.259. The minimum absolute atomic E-state index is 0.158. The maximum absolute atomic E-state index is 12.9. The summed E-state index contributed by atoms with van der Waals surface area (Å²) in [7, 11) is 0. The van der Waals surface area contributed by atoms with Crippen LogP contribution in [0.25, 0.3) is 0 Å². The highest BCUT2D eigenvalue weighted by atomic mass is 32.1. The second kappa shape index (κ2) is 7.18. The molecule has 2 rings (SSSR count). The summed E-state index contributed by atoms with van der Waals surface area (Å²) in [5.41, 5.74) is 3.21. The number of thiocarbonyl (C=S) groups is 1. The molecule has 110 valence electrons. The number of aryl methyl sites for hydroxylation is 1. The molecule has 0 aliphatic heterocycles. The van der Waals surface area contributed by atoms with Crippen LogP contribution in [-0.2, 0) is 0 Å². The fourth-order valence-electron chi connectivity index (χ4n) is 2.08. The summed E-state index contributed by atoms with van der Waals surface area (Å²) in [6.07, 6.45) is 0.925. The van der Waals surface area contributed by atoms with Gasteiger partial charge in [0.25, 0.3) is 0 Å². The quantitative estimate of drug-likeness (QED) is 0.809. The number of benzene rings is 2. The first-order valence-corrected chi connectivity index (χ1v) is 7.39. The first-order chi connectivity index (χ1) is 10.1. The lowest BCUT2D eigenvalue weighted by Gasteiger charge is -2.20. The van der Waals surface area contributed by atoms with Crippen molar-refractivity contribution in [2.45, 2.75) is 26.3 Å². The zero-order chi connectivity index (χ0) is 15.2. The van der Waals surface area contributed by atoms with Crippen LogP contribution in [0.5, 0.6) is 0 Å². The molecule has 0 aliphatic rings. The van der Waals surface area contributed by atoms with Gasteiger partial charge in [0.05, 0.1) is 6.04 Å². The van der Waals surface area contributed by atoms with E-state index in [1.165, 1.54) is 23.3 Å². The molecule has 2 aromatic rings. The molecule has 0 unspecified atom stereocenters. The lowest BCUT2D eigenvalue weighted by Crippen LogP contribution is -2.32. The van der Waals surface area contributed by atoms with Crippen LogP contribution in [0, 0.1) is 12.7 Å². The van der Waals surface area contributed by atoms with Gasteiger partial charge in [-0.3, -0.25) is 0 Å². The van der Waals surface area contributed by atoms with Crippen LogP contribution in [0.1, 0.15) is 30.5 Å². The van der Waals surface area contributed by atoms with Crippen molar-refractivity contribution in [3.05, 3.63) is 65.5 Å². The highest BCUT2D eigenvalue weighted by Gasteiger charge is 2.10. The van der Waals surface area contributed by atoms with Crippen molar-refractivity contribution in [1.82, 2.24) is 5.32 Å². The van der Waals surface area contributed by atoms with E-state index < -0.39 is 0 Å². The lowest BCUT2D eigenvalue weighted by molar-refractivity contribution is 0.627. The molecule has 4 heteroatoms. The maximum Gasteiger partial charge on any atom is 0.171 e. The summed E-state index contributed by atoms with van der Waals surface area (Å²) in [4.78, 5) is 0. The Morgan fingerprint density at radius 2 is 1.71 bits per heavy atom. The third-order valence-corrected chi connectivity index (χ3v) is 3.52. The van der Waals surface area contributed by atoms with E-state index in [0.29, 0.717) is 5.11 Å². The Kier molecular flexibility index (Phi) is 5.28. The molecular formula is C17H19FN2S. The van der Waals surface area contributed by atoms with E-state index in [1.54, 1.807) is 12.1 Å². The summed E-state index contributed by atoms with van der Waals surface area (Å²) in [6.45, 7) is 4.18. The fourth-order valence-corrected chi connectivity index (χ4v) is 2.34. The fraction of sp³-hybridized carbons (Fsp3) is 0.235. The number of anilines is 1. The average molecular weight is 302 g/mol. The van der Waals surface area contributed by atoms with E-state index in [0.717, 1.165) is 12.1 Å². The van der Waals surface area contributed by atoms with E-state index in [2.05, 4.69) is 48.7 Å². The molecule has 2 aromatic carbocycles. The van der Waals surface area contributed by atoms with Crippen molar-refractivity contribution in [1.29, 1.82) is 0 Å². The summed E-state index contributed by atoms with van der Waals surface area (Å²) < 4.78 is 12.9. The van der Waals surface area contributed by atoms with Crippen LogP contribution >= 0.6 is 12.2 Å². The van der Waals surface area contributed by atoms with Gasteiger partial charge in [-0.05, 0) is 55.4 Å². The van der Waals surface area contributed by atoms with Gasteiger partial charge >= 0.3 is 0 Å². The average Bonchev–Trinajstić information content (AvgIpc) is 2.48. The van der Waals surface area contributed by atoms with Gasteiger partial charge in [-0.2, -0.15) is 0 Å². The van der Waals surface area contributed by atoms with Crippen molar-refractivity contribution >= 4 is 23.0 Å². The van der Waals surface area contributed by atoms with Crippen molar-refractivity contribution in [3.63, 3.8) is 0 Å². The first kappa shape index (κ1) is 15.4. The van der Waals surface area contributed by atoms with E-state index >= 15 is 0 Å². The van der Waals surface area contributed by atoms with Gasteiger partial charge in [-0.1, -0.05) is 36.8 Å². The Morgan fingerprint density at radius 3 is 2.29 bits per heavy atom. The van der Waals surface area contributed by atoms with E-state index in [9.17, 15) is 4.39 Å². The first-order valence-electron chi connectivity index (χ1n) is 6.98. The molecular weight excluding hydrogens is 283 g/mol. The molecule has 0 saturated heterocycles. The van der Waals surface area contributed by atoms with Crippen LogP contribution in [0.4, 0.5) is 10.1 Å². The molecule has 0 bridgehead atoms. The Morgan fingerprint density at radius 1 is 1.10 bits per heavy atom. The summed E-state index contributed by atoms with van der Waals surface area (Å²) in [6, 6.07) is 14.7. The SMILES string of the molecule is CC[C@H](NC(=S)Nc1ccc(F)cc1)c1ccc(C)cc1. The van der Waals surface area contributed by atoms with Crippen LogP contribution in [0.15, 0.2) is 48.5 Å². The molecule has 21 heavy (non-hydrogen) atoms. The number of rotatable bonds is 4. The predicted molar refractivity (Wildman–Crippen MR) is 90.0 cm³/mol. The molecule has 0 aromatic heterocycles. The standard InChI is InChI=1S/C17H19FN2S/c1-3-16(13-6-4-12(2)5-7-13)20-17(21)19-15-10-8-14(18)9-11-15/h4-11,16H,3H2,1-2H3,(H2,19,20,21)/t16-/m0/s1. The zero-order valence-electron chi connectivity index (χ0n) is 12.2. The normalized spacial score (nSPS) is 11.8. The van der Waals surface area contributed by atoms with Crippen molar-refractivity contribution < 1.29 is 4.39 Å². The van der Waals surface area contributed by atoms with Crippen LogP contribution in [0.3, 0.4) is 0 Å². The summed E-state index contributed by atoms with van der Waals surface area (Å²) in [5, 5.41) is 6.90. The Balaban J connectivity index is 1.99. The third kappa shape index (κ3) is 4.53. The molecule has 0 amide bonds. The number of nitrogens with one attached hydrogen (secondary N) is 2. The molecule has 2 nitrogen and oxygen atoms in total. The molecule has 0 heterocycles. The van der Waals surface area contributed by atoms with Gasteiger partial charge in [0, 0.05) is 5.69 Å². The molecule has 0 spiro atoms.